The first-order valence-electron chi connectivity index (χ1n) is 9.80. The number of rotatable bonds is 7. The van der Waals surface area contributed by atoms with Crippen LogP contribution in [-0.2, 0) is 4.74 Å². The summed E-state index contributed by atoms with van der Waals surface area (Å²) in [6.45, 7) is 2.33. The van der Waals surface area contributed by atoms with Crippen molar-refractivity contribution in [3.05, 3.63) is 77.6 Å². The quantitative estimate of drug-likeness (QED) is 0.444. The number of nitrogens with zero attached hydrogens (tertiary/aromatic N) is 3. The van der Waals surface area contributed by atoms with Crippen molar-refractivity contribution in [3.63, 3.8) is 0 Å². The van der Waals surface area contributed by atoms with E-state index >= 15 is 0 Å². The van der Waals surface area contributed by atoms with E-state index in [1.165, 1.54) is 0 Å². The zero-order valence-electron chi connectivity index (χ0n) is 17.2. The Morgan fingerprint density at radius 2 is 2.00 bits per heavy atom. The van der Waals surface area contributed by atoms with E-state index in [9.17, 15) is 4.79 Å². The van der Waals surface area contributed by atoms with Crippen LogP contribution < -0.4 is 10.6 Å². The number of fused-ring (bicyclic) bond motifs is 1. The van der Waals surface area contributed by atoms with Crippen LogP contribution in [0, 0.1) is 0 Å². The summed E-state index contributed by atoms with van der Waals surface area (Å²) >= 11 is 6.23. The molecule has 1 unspecified atom stereocenters. The van der Waals surface area contributed by atoms with Gasteiger partial charge in [0.1, 0.15) is 0 Å². The first-order chi connectivity index (χ1) is 15.0. The average molecular weight is 436 g/mol. The number of hydrogen-bond donors (Lipinski definition) is 2. The molecule has 0 saturated heterocycles. The standard InChI is InChI=1S/C23H22ClN5O2/c1-15(14-31-2)27-23(30)16-7-10-22(25-12-16)29-21-9-8-18(11-17(21)13-26-29)28-20-6-4-3-5-19(20)24/h3-13,15,28H,14H2,1-2H3,(H,27,30). The first kappa shape index (κ1) is 20.8. The fraction of sp³-hybridized carbons (Fsp3) is 0.174. The second kappa shape index (κ2) is 9.16. The van der Waals surface area contributed by atoms with Crippen molar-refractivity contribution in [2.24, 2.45) is 0 Å². The van der Waals surface area contributed by atoms with E-state index in [0.29, 0.717) is 23.0 Å². The van der Waals surface area contributed by atoms with Crippen LogP contribution in [0.2, 0.25) is 5.02 Å². The molecule has 4 rings (SSSR count). The topological polar surface area (TPSA) is 81.1 Å². The molecular formula is C23H22ClN5O2. The molecule has 0 fully saturated rings. The lowest BCUT2D eigenvalue weighted by Gasteiger charge is -2.12. The predicted octanol–water partition coefficient (Wildman–Crippen LogP) is 4.58. The van der Waals surface area contributed by atoms with Crippen molar-refractivity contribution in [1.29, 1.82) is 0 Å². The lowest BCUT2D eigenvalue weighted by Crippen LogP contribution is -2.35. The average Bonchev–Trinajstić information content (AvgIpc) is 3.19. The summed E-state index contributed by atoms with van der Waals surface area (Å²) in [5, 5.41) is 12.3. The number of methoxy groups -OCH3 is 1. The number of aromatic nitrogens is 3. The molecule has 8 heteroatoms. The minimum Gasteiger partial charge on any atom is -0.383 e. The highest BCUT2D eigenvalue weighted by Crippen LogP contribution is 2.27. The number of benzene rings is 2. The molecule has 31 heavy (non-hydrogen) atoms. The lowest BCUT2D eigenvalue weighted by molar-refractivity contribution is 0.0905. The third-order valence-corrected chi connectivity index (χ3v) is 5.07. The molecule has 1 atom stereocenters. The Morgan fingerprint density at radius 1 is 1.16 bits per heavy atom. The summed E-state index contributed by atoms with van der Waals surface area (Å²) < 4.78 is 6.78. The van der Waals surface area contributed by atoms with Gasteiger partial charge in [-0.05, 0) is 49.4 Å². The highest BCUT2D eigenvalue weighted by Gasteiger charge is 2.12. The predicted molar refractivity (Wildman–Crippen MR) is 122 cm³/mol. The summed E-state index contributed by atoms with van der Waals surface area (Å²) in [6, 6.07) is 16.9. The molecule has 158 valence electrons. The number of hydrogen-bond acceptors (Lipinski definition) is 5. The maximum Gasteiger partial charge on any atom is 0.253 e. The van der Waals surface area contributed by atoms with Crippen molar-refractivity contribution in [3.8, 4) is 5.82 Å². The normalized spacial score (nSPS) is 12.0. The number of ether oxygens (including phenoxy) is 1. The van der Waals surface area contributed by atoms with Crippen molar-refractivity contribution in [1.82, 2.24) is 20.1 Å². The van der Waals surface area contributed by atoms with E-state index in [-0.39, 0.29) is 11.9 Å². The number of pyridine rings is 1. The van der Waals surface area contributed by atoms with Crippen LogP contribution in [0.1, 0.15) is 17.3 Å². The van der Waals surface area contributed by atoms with Gasteiger partial charge < -0.3 is 15.4 Å². The third kappa shape index (κ3) is 4.68. The maximum absolute atomic E-state index is 12.3. The molecule has 0 aliphatic heterocycles. The molecule has 2 aromatic carbocycles. The molecular weight excluding hydrogens is 414 g/mol. The van der Waals surface area contributed by atoms with Gasteiger partial charge in [0, 0.05) is 30.4 Å². The zero-order chi connectivity index (χ0) is 21.8. The first-order valence-corrected chi connectivity index (χ1v) is 10.2. The van der Waals surface area contributed by atoms with Gasteiger partial charge in [0.25, 0.3) is 5.91 Å². The Balaban J connectivity index is 1.53. The van der Waals surface area contributed by atoms with E-state index in [0.717, 1.165) is 22.3 Å². The third-order valence-electron chi connectivity index (χ3n) is 4.74. The van der Waals surface area contributed by atoms with Gasteiger partial charge in [0.15, 0.2) is 5.82 Å². The van der Waals surface area contributed by atoms with Crippen molar-refractivity contribution in [2.45, 2.75) is 13.0 Å². The molecule has 0 aliphatic carbocycles. The van der Waals surface area contributed by atoms with Crippen LogP contribution >= 0.6 is 11.6 Å². The monoisotopic (exact) mass is 435 g/mol. The Bertz CT molecular complexity index is 1210. The highest BCUT2D eigenvalue weighted by molar-refractivity contribution is 6.33. The zero-order valence-corrected chi connectivity index (χ0v) is 17.9. The summed E-state index contributed by atoms with van der Waals surface area (Å²) in [4.78, 5) is 16.7. The van der Waals surface area contributed by atoms with Gasteiger partial charge in [-0.25, -0.2) is 9.67 Å². The second-order valence-electron chi connectivity index (χ2n) is 7.17. The Labute approximate surface area is 185 Å². The van der Waals surface area contributed by atoms with Crippen LogP contribution in [-0.4, -0.2) is 40.4 Å². The summed E-state index contributed by atoms with van der Waals surface area (Å²) in [5.74, 6) is 0.438. The molecule has 2 aromatic heterocycles. The number of carbonyl (C=O) groups excluding carboxylic acids is 1. The van der Waals surface area contributed by atoms with Crippen molar-refractivity contribution >= 4 is 39.8 Å². The van der Waals surface area contributed by atoms with Gasteiger partial charge >= 0.3 is 0 Å². The number of halogens is 1. The van der Waals surface area contributed by atoms with E-state index in [4.69, 9.17) is 16.3 Å². The van der Waals surface area contributed by atoms with Crippen molar-refractivity contribution < 1.29 is 9.53 Å². The largest absolute Gasteiger partial charge is 0.383 e. The fourth-order valence-corrected chi connectivity index (χ4v) is 3.44. The van der Waals surface area contributed by atoms with Crippen LogP contribution in [0.5, 0.6) is 0 Å². The Kier molecular flexibility index (Phi) is 6.16. The minimum atomic E-state index is -0.191. The van der Waals surface area contributed by atoms with Crippen LogP contribution in [0.4, 0.5) is 11.4 Å². The van der Waals surface area contributed by atoms with E-state index in [2.05, 4.69) is 20.7 Å². The van der Waals surface area contributed by atoms with Gasteiger partial charge in [-0.15, -0.1) is 0 Å². The maximum atomic E-state index is 12.3. The lowest BCUT2D eigenvalue weighted by atomic mass is 10.2. The summed E-state index contributed by atoms with van der Waals surface area (Å²) in [6.07, 6.45) is 3.33. The molecule has 2 heterocycles. The number of para-hydroxylation sites is 1. The molecule has 4 aromatic rings. The second-order valence-corrected chi connectivity index (χ2v) is 7.58. The van der Waals surface area contributed by atoms with Gasteiger partial charge in [-0.1, -0.05) is 23.7 Å². The fourth-order valence-electron chi connectivity index (χ4n) is 3.26. The molecule has 0 spiro atoms. The molecule has 1 amide bonds. The molecule has 7 nitrogen and oxygen atoms in total. The van der Waals surface area contributed by atoms with E-state index in [1.54, 1.807) is 36.3 Å². The summed E-state index contributed by atoms with van der Waals surface area (Å²) in [7, 11) is 1.60. The number of anilines is 2. The number of carbonyl (C=O) groups is 1. The molecule has 0 radical (unpaired) electrons. The molecule has 0 bridgehead atoms. The van der Waals surface area contributed by atoms with E-state index in [1.807, 2.05) is 49.4 Å². The van der Waals surface area contributed by atoms with Gasteiger partial charge in [0.2, 0.25) is 0 Å². The molecule has 2 N–H and O–H groups in total. The summed E-state index contributed by atoms with van der Waals surface area (Å²) in [5.41, 5.74) is 3.13. The van der Waals surface area contributed by atoms with Gasteiger partial charge in [-0.2, -0.15) is 5.10 Å². The van der Waals surface area contributed by atoms with Gasteiger partial charge in [-0.3, -0.25) is 4.79 Å². The molecule has 0 saturated carbocycles. The van der Waals surface area contributed by atoms with Crippen LogP contribution in [0.3, 0.4) is 0 Å². The van der Waals surface area contributed by atoms with Crippen LogP contribution in [0.25, 0.3) is 16.7 Å². The number of amides is 1. The highest BCUT2D eigenvalue weighted by atomic mass is 35.5. The van der Waals surface area contributed by atoms with E-state index < -0.39 is 0 Å². The molecule has 0 aliphatic rings. The SMILES string of the molecule is COCC(C)NC(=O)c1ccc(-n2ncc3cc(Nc4ccccc4Cl)ccc32)nc1. The smallest absolute Gasteiger partial charge is 0.253 e. The number of nitrogens with one attached hydrogen (secondary N) is 2. The van der Waals surface area contributed by atoms with Crippen molar-refractivity contribution in [2.75, 3.05) is 19.0 Å². The minimum absolute atomic E-state index is 0.0826. The Hall–Kier alpha value is -3.42. The van der Waals surface area contributed by atoms with Gasteiger partial charge in [0.05, 0.1) is 34.6 Å². The van der Waals surface area contributed by atoms with Crippen LogP contribution in [0.15, 0.2) is 67.0 Å². The Morgan fingerprint density at radius 3 is 2.74 bits per heavy atom.